The van der Waals surface area contributed by atoms with E-state index in [0.717, 1.165) is 11.1 Å². The summed E-state index contributed by atoms with van der Waals surface area (Å²) in [5, 5.41) is 0. The fourth-order valence-corrected chi connectivity index (χ4v) is 1.47. The van der Waals surface area contributed by atoms with Crippen LogP contribution >= 0.6 is 0 Å². The van der Waals surface area contributed by atoms with E-state index in [1.807, 2.05) is 26.8 Å². The third-order valence-corrected chi connectivity index (χ3v) is 2.45. The van der Waals surface area contributed by atoms with Gasteiger partial charge in [-0.25, -0.2) is 4.39 Å². The predicted molar refractivity (Wildman–Crippen MR) is 53.6 cm³/mol. The molecule has 0 spiro atoms. The number of benzene rings is 1. The van der Waals surface area contributed by atoms with Gasteiger partial charge in [0.1, 0.15) is 6.67 Å². The van der Waals surface area contributed by atoms with Gasteiger partial charge in [-0.1, -0.05) is 12.1 Å². The van der Waals surface area contributed by atoms with E-state index in [-0.39, 0.29) is 0 Å². The highest BCUT2D eigenvalue weighted by Crippen LogP contribution is 2.20. The quantitative estimate of drug-likeness (QED) is 0.745. The molecule has 0 fully saturated rings. The summed E-state index contributed by atoms with van der Waals surface area (Å²) >= 11 is 0. The van der Waals surface area contributed by atoms with Crippen molar-refractivity contribution in [2.24, 2.45) is 5.73 Å². The first-order valence-corrected chi connectivity index (χ1v) is 4.45. The molecule has 2 heteroatoms. The molecule has 1 aromatic rings. The summed E-state index contributed by atoms with van der Waals surface area (Å²) in [4.78, 5) is 0. The second-order valence-corrected chi connectivity index (χ2v) is 3.55. The van der Waals surface area contributed by atoms with Crippen molar-refractivity contribution < 1.29 is 4.39 Å². The maximum atomic E-state index is 12.4. The van der Waals surface area contributed by atoms with Crippen LogP contribution in [0.3, 0.4) is 0 Å². The van der Waals surface area contributed by atoms with E-state index in [9.17, 15) is 4.39 Å². The van der Waals surface area contributed by atoms with Crippen molar-refractivity contribution in [3.05, 3.63) is 34.4 Å². The summed E-state index contributed by atoms with van der Waals surface area (Å²) in [7, 11) is 0. The molecule has 0 aliphatic heterocycles. The molecule has 1 rings (SSSR count). The fourth-order valence-electron chi connectivity index (χ4n) is 1.47. The molecule has 13 heavy (non-hydrogen) atoms. The van der Waals surface area contributed by atoms with Crippen molar-refractivity contribution in [2.45, 2.75) is 26.8 Å². The Hall–Kier alpha value is -0.890. The molecular formula is C11H16FN. The van der Waals surface area contributed by atoms with Crippen LogP contribution in [0.15, 0.2) is 12.1 Å². The van der Waals surface area contributed by atoms with Crippen LogP contribution in [0.5, 0.6) is 0 Å². The Bertz CT molecular complexity index is 307. The minimum atomic E-state index is -0.497. The molecule has 0 saturated carbocycles. The van der Waals surface area contributed by atoms with Gasteiger partial charge < -0.3 is 5.73 Å². The first-order valence-electron chi connectivity index (χ1n) is 4.45. The van der Waals surface area contributed by atoms with Crippen LogP contribution in [0.2, 0.25) is 0 Å². The van der Waals surface area contributed by atoms with E-state index in [2.05, 4.69) is 6.07 Å². The summed E-state index contributed by atoms with van der Waals surface area (Å²) < 4.78 is 12.4. The molecule has 72 valence electrons. The molecule has 1 aromatic carbocycles. The second-order valence-electron chi connectivity index (χ2n) is 3.55. The molecule has 0 heterocycles. The van der Waals surface area contributed by atoms with E-state index >= 15 is 0 Å². The lowest BCUT2D eigenvalue weighted by Gasteiger charge is -2.13. The first-order chi connectivity index (χ1) is 6.06. The Morgan fingerprint density at radius 1 is 1.15 bits per heavy atom. The van der Waals surface area contributed by atoms with E-state index in [1.165, 1.54) is 11.1 Å². The van der Waals surface area contributed by atoms with Gasteiger partial charge in [0.05, 0.1) is 6.04 Å². The number of nitrogens with two attached hydrogens (primary N) is 1. The fraction of sp³-hybridized carbons (Fsp3) is 0.455. The lowest BCUT2D eigenvalue weighted by Crippen LogP contribution is -2.14. The summed E-state index contributed by atoms with van der Waals surface area (Å²) in [5.74, 6) is 0. The predicted octanol–water partition coefficient (Wildman–Crippen LogP) is 2.58. The standard InChI is InChI=1S/C11H16FN/c1-7-4-9(3)10(5-8(7)2)11(13)6-12/h4-5,11H,6,13H2,1-3H3/t11-/m1/s1. The Balaban J connectivity index is 3.15. The van der Waals surface area contributed by atoms with Crippen LogP contribution in [0.1, 0.15) is 28.3 Å². The zero-order valence-electron chi connectivity index (χ0n) is 8.39. The average Bonchev–Trinajstić information content (AvgIpc) is 2.10. The normalized spacial score (nSPS) is 13.0. The SMILES string of the molecule is Cc1cc(C)c([C@H](N)CF)cc1C. The molecule has 0 bridgehead atoms. The molecule has 0 amide bonds. The van der Waals surface area contributed by atoms with Crippen LogP contribution in [0, 0.1) is 20.8 Å². The summed E-state index contributed by atoms with van der Waals surface area (Å²) in [6.45, 7) is 5.54. The van der Waals surface area contributed by atoms with Crippen molar-refractivity contribution in [2.75, 3.05) is 6.67 Å². The Labute approximate surface area is 78.8 Å². The van der Waals surface area contributed by atoms with Crippen LogP contribution in [0.4, 0.5) is 4.39 Å². The number of aryl methyl sites for hydroxylation is 3. The third kappa shape index (κ3) is 2.07. The van der Waals surface area contributed by atoms with Gasteiger partial charge in [0, 0.05) is 0 Å². The molecular weight excluding hydrogens is 165 g/mol. The molecule has 1 atom stereocenters. The zero-order valence-corrected chi connectivity index (χ0v) is 8.39. The van der Waals surface area contributed by atoms with Gasteiger partial charge in [-0.05, 0) is 43.0 Å². The summed E-state index contributed by atoms with van der Waals surface area (Å²) in [6.07, 6.45) is 0. The monoisotopic (exact) mass is 181 g/mol. The zero-order chi connectivity index (χ0) is 10.0. The highest BCUT2D eigenvalue weighted by molar-refractivity contribution is 5.38. The van der Waals surface area contributed by atoms with E-state index in [1.54, 1.807) is 0 Å². The minimum Gasteiger partial charge on any atom is -0.322 e. The maximum absolute atomic E-state index is 12.4. The summed E-state index contributed by atoms with van der Waals surface area (Å²) in [6, 6.07) is 3.56. The largest absolute Gasteiger partial charge is 0.322 e. The molecule has 0 radical (unpaired) electrons. The molecule has 0 aliphatic rings. The molecule has 0 aliphatic carbocycles. The van der Waals surface area contributed by atoms with Crippen LogP contribution in [-0.2, 0) is 0 Å². The highest BCUT2D eigenvalue weighted by Gasteiger charge is 2.09. The van der Waals surface area contributed by atoms with Gasteiger partial charge >= 0.3 is 0 Å². The number of hydrogen-bond acceptors (Lipinski definition) is 1. The molecule has 0 unspecified atom stereocenters. The van der Waals surface area contributed by atoms with E-state index < -0.39 is 12.7 Å². The van der Waals surface area contributed by atoms with Crippen LogP contribution < -0.4 is 5.73 Å². The number of alkyl halides is 1. The van der Waals surface area contributed by atoms with Crippen molar-refractivity contribution in [1.29, 1.82) is 0 Å². The molecule has 0 saturated heterocycles. The third-order valence-electron chi connectivity index (χ3n) is 2.45. The smallest absolute Gasteiger partial charge is 0.109 e. The lowest BCUT2D eigenvalue weighted by molar-refractivity contribution is 0.436. The van der Waals surface area contributed by atoms with Gasteiger partial charge in [-0.2, -0.15) is 0 Å². The first kappa shape index (κ1) is 10.2. The Kier molecular flexibility index (Phi) is 3.04. The Morgan fingerprint density at radius 2 is 1.69 bits per heavy atom. The second kappa shape index (κ2) is 3.88. The topological polar surface area (TPSA) is 26.0 Å². The highest BCUT2D eigenvalue weighted by atomic mass is 19.1. The summed E-state index contributed by atoms with van der Waals surface area (Å²) in [5.41, 5.74) is 10.0. The van der Waals surface area contributed by atoms with Gasteiger partial charge in [-0.3, -0.25) is 0 Å². The van der Waals surface area contributed by atoms with Crippen molar-refractivity contribution >= 4 is 0 Å². The maximum Gasteiger partial charge on any atom is 0.109 e. The van der Waals surface area contributed by atoms with E-state index in [4.69, 9.17) is 5.73 Å². The number of halogens is 1. The van der Waals surface area contributed by atoms with Crippen molar-refractivity contribution in [1.82, 2.24) is 0 Å². The molecule has 0 aromatic heterocycles. The van der Waals surface area contributed by atoms with Gasteiger partial charge in [-0.15, -0.1) is 0 Å². The average molecular weight is 181 g/mol. The van der Waals surface area contributed by atoms with Gasteiger partial charge in [0.2, 0.25) is 0 Å². The van der Waals surface area contributed by atoms with E-state index in [0.29, 0.717) is 0 Å². The Morgan fingerprint density at radius 3 is 2.23 bits per heavy atom. The lowest BCUT2D eigenvalue weighted by atomic mass is 9.97. The molecule has 2 N–H and O–H groups in total. The molecule has 1 nitrogen and oxygen atoms in total. The van der Waals surface area contributed by atoms with Crippen molar-refractivity contribution in [3.8, 4) is 0 Å². The number of hydrogen-bond donors (Lipinski definition) is 1. The van der Waals surface area contributed by atoms with Crippen LogP contribution in [-0.4, -0.2) is 6.67 Å². The van der Waals surface area contributed by atoms with Crippen LogP contribution in [0.25, 0.3) is 0 Å². The van der Waals surface area contributed by atoms with Gasteiger partial charge in [0.25, 0.3) is 0 Å². The minimum absolute atomic E-state index is 0.473. The van der Waals surface area contributed by atoms with Crippen molar-refractivity contribution in [3.63, 3.8) is 0 Å². The van der Waals surface area contributed by atoms with Gasteiger partial charge in [0.15, 0.2) is 0 Å². The number of rotatable bonds is 2.